The maximum atomic E-state index is 13.4. The second-order valence-corrected chi connectivity index (χ2v) is 9.89. The summed E-state index contributed by atoms with van der Waals surface area (Å²) in [4.78, 5) is 48.4. The molecule has 0 N–H and O–H groups in total. The van der Waals surface area contributed by atoms with Gasteiger partial charge in [-0.25, -0.2) is 9.78 Å². The van der Waals surface area contributed by atoms with Crippen molar-refractivity contribution in [2.45, 2.75) is 70.7 Å². The number of rotatable bonds is 2. The molecule has 1 aromatic heterocycles. The van der Waals surface area contributed by atoms with Crippen LogP contribution in [0.2, 0.25) is 0 Å². The van der Waals surface area contributed by atoms with E-state index in [0.717, 1.165) is 12.8 Å². The third kappa shape index (κ3) is 3.49. The molecule has 0 spiro atoms. The molecule has 0 bridgehead atoms. The van der Waals surface area contributed by atoms with Crippen molar-refractivity contribution in [2.75, 3.05) is 18.0 Å². The predicted octanol–water partition coefficient (Wildman–Crippen LogP) is 2.49. The normalized spacial score (nSPS) is 29.5. The summed E-state index contributed by atoms with van der Waals surface area (Å²) >= 11 is 1.44. The molecule has 0 aromatic carbocycles. The smallest absolute Gasteiger partial charge is 0.410 e. The number of nitrogens with zero attached hydrogens (tertiary/aromatic N) is 4. The lowest BCUT2D eigenvalue weighted by molar-refractivity contribution is -0.137. The molecular weight excluding hydrogens is 392 g/mol. The van der Waals surface area contributed by atoms with Gasteiger partial charge in [0, 0.05) is 24.7 Å². The zero-order valence-corrected chi connectivity index (χ0v) is 18.1. The van der Waals surface area contributed by atoms with Crippen molar-refractivity contribution in [3.05, 3.63) is 11.6 Å². The van der Waals surface area contributed by atoms with Gasteiger partial charge in [0.05, 0.1) is 18.0 Å². The Kier molecular flexibility index (Phi) is 5.04. The van der Waals surface area contributed by atoms with Crippen molar-refractivity contribution in [1.82, 2.24) is 14.8 Å². The highest BCUT2D eigenvalue weighted by Gasteiger charge is 2.55. The number of carbonyl (C=O) groups excluding carboxylic acids is 3. The molecule has 1 aromatic rings. The van der Waals surface area contributed by atoms with Gasteiger partial charge in [-0.05, 0) is 40.0 Å². The van der Waals surface area contributed by atoms with E-state index in [0.29, 0.717) is 24.6 Å². The van der Waals surface area contributed by atoms with E-state index in [2.05, 4.69) is 4.98 Å². The van der Waals surface area contributed by atoms with Gasteiger partial charge in [-0.1, -0.05) is 6.92 Å². The molecule has 4 atom stereocenters. The summed E-state index contributed by atoms with van der Waals surface area (Å²) in [5.74, 6) is -0.337. The number of hydrogen-bond acceptors (Lipinski definition) is 6. The van der Waals surface area contributed by atoms with Crippen LogP contribution in [0.25, 0.3) is 0 Å². The molecule has 4 rings (SSSR count). The summed E-state index contributed by atoms with van der Waals surface area (Å²) in [6.45, 7) is 8.46. The number of fused-ring (bicyclic) bond motifs is 1. The lowest BCUT2D eigenvalue weighted by atomic mass is 10.0. The van der Waals surface area contributed by atoms with Gasteiger partial charge in [-0.2, -0.15) is 0 Å². The molecular formula is C20H28N4O4S. The van der Waals surface area contributed by atoms with Crippen LogP contribution < -0.4 is 4.90 Å². The molecule has 4 heterocycles. The predicted molar refractivity (Wildman–Crippen MR) is 109 cm³/mol. The molecule has 3 fully saturated rings. The second kappa shape index (κ2) is 7.27. The maximum absolute atomic E-state index is 13.4. The average Bonchev–Trinajstić information content (AvgIpc) is 3.40. The van der Waals surface area contributed by atoms with Crippen molar-refractivity contribution in [2.24, 2.45) is 5.92 Å². The highest BCUT2D eigenvalue weighted by Crippen LogP contribution is 2.40. The van der Waals surface area contributed by atoms with Crippen LogP contribution in [0.4, 0.5) is 9.93 Å². The quantitative estimate of drug-likeness (QED) is 0.734. The van der Waals surface area contributed by atoms with Gasteiger partial charge in [0.25, 0.3) is 0 Å². The summed E-state index contributed by atoms with van der Waals surface area (Å²) in [7, 11) is 0. The first-order valence-corrected chi connectivity index (χ1v) is 11.1. The third-order valence-electron chi connectivity index (χ3n) is 5.97. The lowest BCUT2D eigenvalue weighted by Gasteiger charge is -2.33. The van der Waals surface area contributed by atoms with Crippen molar-refractivity contribution in [3.63, 3.8) is 0 Å². The highest BCUT2D eigenvalue weighted by atomic mass is 32.1. The molecule has 158 valence electrons. The van der Waals surface area contributed by atoms with E-state index in [-0.39, 0.29) is 29.8 Å². The molecule has 29 heavy (non-hydrogen) atoms. The molecule has 9 heteroatoms. The van der Waals surface area contributed by atoms with Crippen LogP contribution in [-0.4, -0.2) is 69.5 Å². The number of hydrogen-bond donors (Lipinski definition) is 0. The Bertz CT molecular complexity index is 806. The first kappa shape index (κ1) is 20.1. The Labute approximate surface area is 174 Å². The molecule has 3 saturated heterocycles. The van der Waals surface area contributed by atoms with E-state index < -0.39 is 17.7 Å². The van der Waals surface area contributed by atoms with E-state index in [4.69, 9.17) is 4.74 Å². The Morgan fingerprint density at radius 2 is 1.97 bits per heavy atom. The number of amides is 3. The number of likely N-dealkylation sites (tertiary alicyclic amines) is 2. The summed E-state index contributed by atoms with van der Waals surface area (Å²) in [6, 6.07) is -0.746. The highest BCUT2D eigenvalue weighted by molar-refractivity contribution is 7.13. The molecule has 0 aliphatic carbocycles. The fraction of sp³-hybridized carbons (Fsp3) is 0.700. The first-order valence-electron chi connectivity index (χ1n) is 10.2. The van der Waals surface area contributed by atoms with Gasteiger partial charge in [0.2, 0.25) is 11.8 Å². The average molecular weight is 421 g/mol. The van der Waals surface area contributed by atoms with Crippen molar-refractivity contribution >= 4 is 34.4 Å². The molecule has 3 aliphatic heterocycles. The van der Waals surface area contributed by atoms with Crippen LogP contribution >= 0.6 is 11.3 Å². The van der Waals surface area contributed by atoms with E-state index in [1.54, 1.807) is 16.0 Å². The van der Waals surface area contributed by atoms with Gasteiger partial charge < -0.3 is 9.64 Å². The Hall–Kier alpha value is -2.16. The first-order chi connectivity index (χ1) is 13.7. The number of thiazole rings is 1. The molecule has 8 nitrogen and oxygen atoms in total. The molecule has 0 unspecified atom stereocenters. The summed E-state index contributed by atoms with van der Waals surface area (Å²) < 4.78 is 5.50. The minimum absolute atomic E-state index is 0.0165. The Morgan fingerprint density at radius 3 is 2.62 bits per heavy atom. The van der Waals surface area contributed by atoms with Gasteiger partial charge >= 0.3 is 6.09 Å². The number of ether oxygens (including phenoxy) is 1. The standard InChI is InChI=1S/C20H28N4O4S/c1-12-15-13(24(16(12)25)18-21-8-11-29-18)7-10-23(15)17(26)14-6-5-9-22(14)19(27)28-20(2,3)4/h8,11-15H,5-7,9-10H2,1-4H3/t12-,13-,14-,15+/m0/s1. The SMILES string of the molecule is C[C@@H]1C(=O)N(c2nccs2)[C@H]2CCN(C(=O)[C@@H]3CCCN3C(=O)OC(C)(C)C)[C@H]12. The Balaban J connectivity index is 1.52. The number of aromatic nitrogens is 1. The van der Waals surface area contributed by atoms with E-state index in [1.165, 1.54) is 11.3 Å². The number of anilines is 1. The zero-order chi connectivity index (χ0) is 20.9. The van der Waals surface area contributed by atoms with Crippen molar-refractivity contribution < 1.29 is 19.1 Å². The Morgan fingerprint density at radius 1 is 1.21 bits per heavy atom. The van der Waals surface area contributed by atoms with Crippen LogP contribution in [0.3, 0.4) is 0 Å². The zero-order valence-electron chi connectivity index (χ0n) is 17.3. The van der Waals surface area contributed by atoms with Crippen LogP contribution in [0.15, 0.2) is 11.6 Å². The van der Waals surface area contributed by atoms with E-state index >= 15 is 0 Å². The lowest BCUT2D eigenvalue weighted by Crippen LogP contribution is -2.52. The van der Waals surface area contributed by atoms with Gasteiger partial charge in [0.15, 0.2) is 5.13 Å². The van der Waals surface area contributed by atoms with Crippen LogP contribution in [0.1, 0.15) is 47.0 Å². The fourth-order valence-corrected chi connectivity index (χ4v) is 5.50. The summed E-state index contributed by atoms with van der Waals surface area (Å²) in [5, 5.41) is 2.55. The molecule has 3 amide bonds. The molecule has 0 saturated carbocycles. The monoisotopic (exact) mass is 420 g/mol. The largest absolute Gasteiger partial charge is 0.444 e. The summed E-state index contributed by atoms with van der Waals surface area (Å²) in [6.07, 6.45) is 3.39. The van der Waals surface area contributed by atoms with Gasteiger partial charge in [0.1, 0.15) is 11.6 Å². The summed E-state index contributed by atoms with van der Waals surface area (Å²) in [5.41, 5.74) is -0.605. The van der Waals surface area contributed by atoms with E-state index in [9.17, 15) is 14.4 Å². The van der Waals surface area contributed by atoms with Crippen LogP contribution in [0.5, 0.6) is 0 Å². The topological polar surface area (TPSA) is 83.1 Å². The minimum Gasteiger partial charge on any atom is -0.444 e. The van der Waals surface area contributed by atoms with Crippen molar-refractivity contribution in [3.8, 4) is 0 Å². The van der Waals surface area contributed by atoms with Gasteiger partial charge in [-0.15, -0.1) is 11.3 Å². The maximum Gasteiger partial charge on any atom is 0.410 e. The number of carbonyl (C=O) groups is 3. The molecule has 3 aliphatic rings. The fourth-order valence-electron chi connectivity index (χ4n) is 4.79. The third-order valence-corrected chi connectivity index (χ3v) is 6.74. The minimum atomic E-state index is -0.605. The van der Waals surface area contributed by atoms with Crippen molar-refractivity contribution in [1.29, 1.82) is 0 Å². The van der Waals surface area contributed by atoms with Crippen LogP contribution in [-0.2, 0) is 14.3 Å². The van der Waals surface area contributed by atoms with Crippen LogP contribution in [0, 0.1) is 5.92 Å². The second-order valence-electron chi connectivity index (χ2n) is 9.02. The van der Waals surface area contributed by atoms with E-state index in [1.807, 2.05) is 38.0 Å². The van der Waals surface area contributed by atoms with Gasteiger partial charge in [-0.3, -0.25) is 19.4 Å². The molecule has 0 radical (unpaired) electrons.